The van der Waals surface area contributed by atoms with Gasteiger partial charge in [-0.25, -0.2) is 4.98 Å². The molecule has 2 atom stereocenters. The molecule has 0 aliphatic carbocycles. The highest BCUT2D eigenvalue weighted by atomic mass is 35.5. The second-order valence-electron chi connectivity index (χ2n) is 4.01. The third kappa shape index (κ3) is 3.09. The number of hydrogen-bond acceptors (Lipinski definition) is 3. The van der Waals surface area contributed by atoms with Gasteiger partial charge in [-0.2, -0.15) is 0 Å². The average Bonchev–Trinajstić information content (AvgIpc) is 2.96. The van der Waals surface area contributed by atoms with Crippen LogP contribution >= 0.6 is 22.9 Å². The summed E-state index contributed by atoms with van der Waals surface area (Å²) < 4.78 is 0.833. The van der Waals surface area contributed by atoms with Gasteiger partial charge in [-0.15, -0.1) is 11.3 Å². The standard InChI is InChI=1S/C12H16ClN3S/c1-3-10(12-14-4-5-15-12)16-8(2)9-6-11(13)17-7-9/h4-8,10,16H,3H2,1-2H3,(H,14,15). The van der Waals surface area contributed by atoms with Crippen LogP contribution in [0.5, 0.6) is 0 Å². The van der Waals surface area contributed by atoms with Crippen LogP contribution in [0, 0.1) is 0 Å². The zero-order valence-electron chi connectivity index (χ0n) is 9.90. The van der Waals surface area contributed by atoms with Crippen molar-refractivity contribution in [1.82, 2.24) is 15.3 Å². The van der Waals surface area contributed by atoms with Crippen molar-refractivity contribution in [3.05, 3.63) is 39.6 Å². The van der Waals surface area contributed by atoms with Crippen molar-refractivity contribution in [3.8, 4) is 0 Å². The minimum atomic E-state index is 0.249. The van der Waals surface area contributed by atoms with Gasteiger partial charge in [-0.05, 0) is 30.4 Å². The Morgan fingerprint density at radius 2 is 2.41 bits per heavy atom. The molecule has 17 heavy (non-hydrogen) atoms. The molecule has 2 N–H and O–H groups in total. The average molecular weight is 270 g/mol. The van der Waals surface area contributed by atoms with Crippen molar-refractivity contribution in [2.45, 2.75) is 32.4 Å². The molecule has 0 aliphatic heterocycles. The number of hydrogen-bond donors (Lipinski definition) is 2. The smallest absolute Gasteiger partial charge is 0.123 e. The molecule has 0 saturated heterocycles. The number of imidazole rings is 1. The van der Waals surface area contributed by atoms with Crippen LogP contribution in [0.15, 0.2) is 23.8 Å². The molecular weight excluding hydrogens is 254 g/mol. The van der Waals surface area contributed by atoms with Crippen molar-refractivity contribution in [1.29, 1.82) is 0 Å². The fourth-order valence-electron chi connectivity index (χ4n) is 1.81. The van der Waals surface area contributed by atoms with E-state index in [-0.39, 0.29) is 12.1 Å². The Balaban J connectivity index is 2.04. The summed E-state index contributed by atoms with van der Waals surface area (Å²) in [7, 11) is 0. The molecule has 2 aromatic heterocycles. The second-order valence-corrected chi connectivity index (χ2v) is 5.55. The molecule has 0 radical (unpaired) electrons. The van der Waals surface area contributed by atoms with Crippen LogP contribution in [0.4, 0.5) is 0 Å². The SMILES string of the molecule is CCC(NC(C)c1csc(Cl)c1)c1ncc[nH]1. The molecule has 0 bridgehead atoms. The molecule has 0 fully saturated rings. The van der Waals surface area contributed by atoms with E-state index in [1.807, 2.05) is 12.3 Å². The van der Waals surface area contributed by atoms with Crippen LogP contribution in [0.25, 0.3) is 0 Å². The summed E-state index contributed by atoms with van der Waals surface area (Å²) in [5, 5.41) is 5.65. The molecule has 2 aromatic rings. The molecule has 3 nitrogen and oxygen atoms in total. The fourth-order valence-corrected chi connectivity index (χ4v) is 2.79. The molecule has 5 heteroatoms. The van der Waals surface area contributed by atoms with E-state index in [0.29, 0.717) is 0 Å². The Bertz CT molecular complexity index is 452. The maximum atomic E-state index is 5.95. The van der Waals surface area contributed by atoms with Gasteiger partial charge >= 0.3 is 0 Å². The Labute approximate surface area is 110 Å². The predicted molar refractivity (Wildman–Crippen MR) is 72.5 cm³/mol. The van der Waals surface area contributed by atoms with Gasteiger partial charge in [0.25, 0.3) is 0 Å². The highest BCUT2D eigenvalue weighted by Crippen LogP contribution is 2.26. The van der Waals surface area contributed by atoms with E-state index in [2.05, 4.69) is 34.5 Å². The quantitative estimate of drug-likeness (QED) is 0.864. The van der Waals surface area contributed by atoms with Crippen molar-refractivity contribution in [2.75, 3.05) is 0 Å². The number of rotatable bonds is 5. The Kier molecular flexibility index (Phi) is 4.20. The Morgan fingerprint density at radius 1 is 1.59 bits per heavy atom. The first kappa shape index (κ1) is 12.6. The highest BCUT2D eigenvalue weighted by molar-refractivity contribution is 7.14. The monoisotopic (exact) mass is 269 g/mol. The molecular formula is C12H16ClN3S. The summed E-state index contributed by atoms with van der Waals surface area (Å²) in [5.74, 6) is 0.987. The number of nitrogens with zero attached hydrogens (tertiary/aromatic N) is 1. The molecule has 0 amide bonds. The van der Waals surface area contributed by atoms with Crippen LogP contribution in [0.2, 0.25) is 4.34 Å². The van der Waals surface area contributed by atoms with E-state index >= 15 is 0 Å². The number of nitrogens with one attached hydrogen (secondary N) is 2. The molecule has 0 aliphatic rings. The number of thiophene rings is 1. The van der Waals surface area contributed by atoms with Crippen molar-refractivity contribution in [2.24, 2.45) is 0 Å². The maximum absolute atomic E-state index is 5.95. The molecule has 2 unspecified atom stereocenters. The van der Waals surface area contributed by atoms with Crippen LogP contribution in [-0.2, 0) is 0 Å². The maximum Gasteiger partial charge on any atom is 0.123 e. The second kappa shape index (κ2) is 5.67. The Hall–Kier alpha value is -0.840. The summed E-state index contributed by atoms with van der Waals surface area (Å²) in [6, 6.07) is 2.53. The van der Waals surface area contributed by atoms with Crippen molar-refractivity contribution in [3.63, 3.8) is 0 Å². The van der Waals surface area contributed by atoms with Gasteiger partial charge in [0.15, 0.2) is 0 Å². The Morgan fingerprint density at radius 3 is 2.94 bits per heavy atom. The zero-order valence-corrected chi connectivity index (χ0v) is 11.5. The van der Waals surface area contributed by atoms with Gasteiger partial charge in [0.05, 0.1) is 10.4 Å². The summed E-state index contributed by atoms with van der Waals surface area (Å²) in [6.45, 7) is 4.29. The zero-order chi connectivity index (χ0) is 12.3. The van der Waals surface area contributed by atoms with Crippen molar-refractivity contribution < 1.29 is 0 Å². The fraction of sp³-hybridized carbons (Fsp3) is 0.417. The molecule has 92 valence electrons. The third-order valence-corrected chi connectivity index (χ3v) is 3.91. The van der Waals surface area contributed by atoms with Crippen LogP contribution in [0.1, 0.15) is 43.7 Å². The lowest BCUT2D eigenvalue weighted by Gasteiger charge is -2.20. The number of aromatic nitrogens is 2. The minimum absolute atomic E-state index is 0.249. The molecule has 0 saturated carbocycles. The van der Waals surface area contributed by atoms with Gasteiger partial charge in [-0.1, -0.05) is 18.5 Å². The molecule has 0 spiro atoms. The normalized spacial score (nSPS) is 14.8. The van der Waals surface area contributed by atoms with Gasteiger partial charge in [-0.3, -0.25) is 0 Å². The van der Waals surface area contributed by atoms with Crippen LogP contribution in [-0.4, -0.2) is 9.97 Å². The number of aromatic amines is 1. The largest absolute Gasteiger partial charge is 0.347 e. The first-order valence-electron chi connectivity index (χ1n) is 5.70. The topological polar surface area (TPSA) is 40.7 Å². The van der Waals surface area contributed by atoms with E-state index in [1.165, 1.54) is 5.56 Å². The number of halogens is 1. The van der Waals surface area contributed by atoms with E-state index in [0.717, 1.165) is 16.6 Å². The van der Waals surface area contributed by atoms with Gasteiger partial charge in [0.1, 0.15) is 5.82 Å². The van der Waals surface area contributed by atoms with Crippen molar-refractivity contribution >= 4 is 22.9 Å². The van der Waals surface area contributed by atoms with Gasteiger partial charge in [0.2, 0.25) is 0 Å². The first-order chi connectivity index (χ1) is 8.20. The van der Waals surface area contributed by atoms with Crippen LogP contribution < -0.4 is 5.32 Å². The highest BCUT2D eigenvalue weighted by Gasteiger charge is 2.16. The molecule has 0 aromatic carbocycles. The molecule has 2 heterocycles. The third-order valence-electron chi connectivity index (χ3n) is 2.80. The van der Waals surface area contributed by atoms with E-state index < -0.39 is 0 Å². The van der Waals surface area contributed by atoms with E-state index in [9.17, 15) is 0 Å². The van der Waals surface area contributed by atoms with E-state index in [1.54, 1.807) is 17.5 Å². The lowest BCUT2D eigenvalue weighted by molar-refractivity contribution is 0.442. The van der Waals surface area contributed by atoms with Gasteiger partial charge in [0, 0.05) is 18.4 Å². The van der Waals surface area contributed by atoms with Gasteiger partial charge < -0.3 is 10.3 Å². The number of H-pyrrole nitrogens is 1. The molecule has 2 rings (SSSR count). The lowest BCUT2D eigenvalue weighted by Crippen LogP contribution is -2.24. The van der Waals surface area contributed by atoms with E-state index in [4.69, 9.17) is 11.6 Å². The minimum Gasteiger partial charge on any atom is -0.347 e. The summed E-state index contributed by atoms with van der Waals surface area (Å²) in [6.07, 6.45) is 4.63. The summed E-state index contributed by atoms with van der Waals surface area (Å²) >= 11 is 7.51. The lowest BCUT2D eigenvalue weighted by atomic mass is 10.1. The summed E-state index contributed by atoms with van der Waals surface area (Å²) in [5.41, 5.74) is 1.23. The summed E-state index contributed by atoms with van der Waals surface area (Å²) in [4.78, 5) is 7.45. The van der Waals surface area contributed by atoms with Crippen LogP contribution in [0.3, 0.4) is 0 Å². The predicted octanol–water partition coefficient (Wildman–Crippen LogP) is 3.93. The first-order valence-corrected chi connectivity index (χ1v) is 6.95.